The quantitative estimate of drug-likeness (QED) is 0.624. The molecule has 0 saturated heterocycles. The Balaban J connectivity index is 1.81. The fourth-order valence-corrected chi connectivity index (χ4v) is 2.95. The van der Waals surface area contributed by atoms with E-state index in [2.05, 4.69) is 43.0 Å². The lowest BCUT2D eigenvalue weighted by atomic mass is 10.2. The Labute approximate surface area is 136 Å². The minimum absolute atomic E-state index is 0.222. The number of aliphatic imine (C=N–C) groups is 1. The second-order valence-electron chi connectivity index (χ2n) is 4.42. The maximum absolute atomic E-state index is 13.6. The molecule has 0 fully saturated rings. The maximum Gasteiger partial charge on any atom is 0.191 e. The van der Waals surface area contributed by atoms with Gasteiger partial charge in [-0.3, -0.25) is 4.99 Å². The van der Waals surface area contributed by atoms with Crippen LogP contribution in [-0.2, 0) is 13.0 Å². The molecule has 0 unspecified atom stereocenters. The Bertz CT molecular complexity index is 599. The van der Waals surface area contributed by atoms with Gasteiger partial charge in [0.2, 0.25) is 0 Å². The predicted molar refractivity (Wildman–Crippen MR) is 90.3 cm³/mol. The summed E-state index contributed by atoms with van der Waals surface area (Å²) in [6.07, 6.45) is 0.948. The van der Waals surface area contributed by atoms with Gasteiger partial charge in [-0.05, 0) is 36.1 Å². The molecule has 0 atom stereocenters. The highest BCUT2D eigenvalue weighted by Crippen LogP contribution is 2.15. The number of benzene rings is 1. The van der Waals surface area contributed by atoms with Crippen molar-refractivity contribution in [2.24, 2.45) is 4.99 Å². The molecule has 6 heteroatoms. The van der Waals surface area contributed by atoms with Crippen molar-refractivity contribution < 1.29 is 4.39 Å². The molecule has 3 nitrogen and oxygen atoms in total. The maximum atomic E-state index is 13.6. The van der Waals surface area contributed by atoms with Crippen molar-refractivity contribution in [3.8, 4) is 0 Å². The average Bonchev–Trinajstić information content (AvgIpc) is 2.99. The van der Waals surface area contributed by atoms with Crippen molar-refractivity contribution in [1.29, 1.82) is 0 Å². The van der Waals surface area contributed by atoms with Gasteiger partial charge in [-0.25, -0.2) is 4.39 Å². The largest absolute Gasteiger partial charge is 0.356 e. The van der Waals surface area contributed by atoms with Gasteiger partial charge >= 0.3 is 0 Å². The summed E-state index contributed by atoms with van der Waals surface area (Å²) >= 11 is 5.09. The molecule has 21 heavy (non-hydrogen) atoms. The molecule has 0 aliphatic rings. The topological polar surface area (TPSA) is 36.4 Å². The number of halogens is 2. The fraction of sp³-hybridized carbons (Fsp3) is 0.267. The summed E-state index contributed by atoms with van der Waals surface area (Å²) < 4.78 is 14.5. The summed E-state index contributed by atoms with van der Waals surface area (Å²) in [7, 11) is 1.71. The van der Waals surface area contributed by atoms with E-state index in [0.29, 0.717) is 18.1 Å². The molecular weight excluding hydrogens is 353 g/mol. The van der Waals surface area contributed by atoms with Crippen LogP contribution in [0.5, 0.6) is 0 Å². The summed E-state index contributed by atoms with van der Waals surface area (Å²) in [5.74, 6) is 0.450. The first kappa shape index (κ1) is 16.0. The predicted octanol–water partition coefficient (Wildman–Crippen LogP) is 3.56. The molecule has 1 aromatic heterocycles. The van der Waals surface area contributed by atoms with E-state index in [1.165, 1.54) is 10.9 Å². The second-order valence-corrected chi connectivity index (χ2v) is 6.37. The van der Waals surface area contributed by atoms with Gasteiger partial charge in [0, 0.05) is 35.1 Å². The molecule has 2 rings (SSSR count). The van der Waals surface area contributed by atoms with Crippen LogP contribution in [0.2, 0.25) is 0 Å². The van der Waals surface area contributed by atoms with Gasteiger partial charge in [-0.15, -0.1) is 11.3 Å². The third-order valence-electron chi connectivity index (χ3n) is 2.92. The first-order valence-electron chi connectivity index (χ1n) is 6.60. The highest BCUT2D eigenvalue weighted by atomic mass is 79.9. The van der Waals surface area contributed by atoms with Crippen LogP contribution in [0.1, 0.15) is 10.4 Å². The second kappa shape index (κ2) is 8.14. The minimum Gasteiger partial charge on any atom is -0.356 e. The summed E-state index contributed by atoms with van der Waals surface area (Å²) in [6, 6.07) is 9.06. The SMILES string of the molecule is CN=C(NCCc1cccs1)NCc1cc(Br)ccc1F. The number of guanidine groups is 1. The molecule has 1 heterocycles. The van der Waals surface area contributed by atoms with Crippen LogP contribution < -0.4 is 10.6 Å². The molecule has 0 saturated carbocycles. The Morgan fingerprint density at radius 1 is 1.33 bits per heavy atom. The lowest BCUT2D eigenvalue weighted by Gasteiger charge is -2.12. The van der Waals surface area contributed by atoms with Crippen molar-refractivity contribution in [2.45, 2.75) is 13.0 Å². The van der Waals surface area contributed by atoms with Crippen molar-refractivity contribution in [3.05, 3.63) is 56.4 Å². The van der Waals surface area contributed by atoms with Gasteiger partial charge < -0.3 is 10.6 Å². The Morgan fingerprint density at radius 3 is 2.90 bits per heavy atom. The lowest BCUT2D eigenvalue weighted by Crippen LogP contribution is -2.37. The fourth-order valence-electron chi connectivity index (χ4n) is 1.84. The number of thiophene rings is 1. The molecule has 0 amide bonds. The van der Waals surface area contributed by atoms with Gasteiger partial charge in [-0.2, -0.15) is 0 Å². The molecule has 0 aliphatic heterocycles. The smallest absolute Gasteiger partial charge is 0.191 e. The minimum atomic E-state index is -0.222. The monoisotopic (exact) mass is 369 g/mol. The Morgan fingerprint density at radius 2 is 2.19 bits per heavy atom. The van der Waals surface area contributed by atoms with E-state index in [9.17, 15) is 4.39 Å². The number of rotatable bonds is 5. The summed E-state index contributed by atoms with van der Waals surface area (Å²) in [5, 5.41) is 8.41. The lowest BCUT2D eigenvalue weighted by molar-refractivity contribution is 0.604. The van der Waals surface area contributed by atoms with Crippen LogP contribution in [0, 0.1) is 5.82 Å². The van der Waals surface area contributed by atoms with Crippen molar-refractivity contribution in [2.75, 3.05) is 13.6 Å². The number of hydrogen-bond donors (Lipinski definition) is 2. The first-order chi connectivity index (χ1) is 10.2. The van der Waals surface area contributed by atoms with E-state index >= 15 is 0 Å². The third kappa shape index (κ3) is 5.13. The first-order valence-corrected chi connectivity index (χ1v) is 8.27. The molecule has 0 bridgehead atoms. The Kier molecular flexibility index (Phi) is 6.20. The van der Waals surface area contributed by atoms with Crippen LogP contribution >= 0.6 is 27.3 Å². The number of nitrogens with zero attached hydrogens (tertiary/aromatic N) is 1. The number of nitrogens with one attached hydrogen (secondary N) is 2. The molecule has 2 aromatic rings. The van der Waals surface area contributed by atoms with Gasteiger partial charge in [0.25, 0.3) is 0 Å². The highest BCUT2D eigenvalue weighted by Gasteiger charge is 2.04. The van der Waals surface area contributed by atoms with E-state index in [-0.39, 0.29) is 5.82 Å². The zero-order valence-electron chi connectivity index (χ0n) is 11.7. The van der Waals surface area contributed by atoms with E-state index in [1.54, 1.807) is 30.5 Å². The molecule has 0 spiro atoms. The zero-order chi connectivity index (χ0) is 15.1. The van der Waals surface area contributed by atoms with E-state index in [0.717, 1.165) is 17.4 Å². The summed E-state index contributed by atoms with van der Waals surface area (Å²) in [4.78, 5) is 5.47. The van der Waals surface area contributed by atoms with Gasteiger partial charge in [0.05, 0.1) is 0 Å². The molecule has 2 N–H and O–H groups in total. The van der Waals surface area contributed by atoms with Gasteiger partial charge in [0.15, 0.2) is 5.96 Å². The van der Waals surface area contributed by atoms with Crippen LogP contribution in [0.15, 0.2) is 45.2 Å². The summed E-state index contributed by atoms with van der Waals surface area (Å²) in [6.45, 7) is 1.19. The molecule has 112 valence electrons. The van der Waals surface area contributed by atoms with Crippen LogP contribution in [0.4, 0.5) is 4.39 Å². The van der Waals surface area contributed by atoms with Crippen LogP contribution in [0.25, 0.3) is 0 Å². The summed E-state index contributed by atoms with van der Waals surface area (Å²) in [5.41, 5.74) is 0.602. The average molecular weight is 370 g/mol. The number of hydrogen-bond acceptors (Lipinski definition) is 2. The molecule has 1 aromatic carbocycles. The van der Waals surface area contributed by atoms with Gasteiger partial charge in [-0.1, -0.05) is 22.0 Å². The molecule has 0 aliphatic carbocycles. The van der Waals surface area contributed by atoms with E-state index < -0.39 is 0 Å². The highest BCUT2D eigenvalue weighted by molar-refractivity contribution is 9.10. The normalized spacial score (nSPS) is 11.5. The zero-order valence-corrected chi connectivity index (χ0v) is 14.1. The van der Waals surface area contributed by atoms with E-state index in [1.807, 2.05) is 6.07 Å². The third-order valence-corrected chi connectivity index (χ3v) is 4.35. The van der Waals surface area contributed by atoms with Crippen molar-refractivity contribution in [1.82, 2.24) is 10.6 Å². The molecule has 0 radical (unpaired) electrons. The standard InChI is InChI=1S/C15H17BrFN3S/c1-18-15(19-7-6-13-3-2-8-21-13)20-10-11-9-12(16)4-5-14(11)17/h2-5,8-9H,6-7,10H2,1H3,(H2,18,19,20). The van der Waals surface area contributed by atoms with Crippen LogP contribution in [0.3, 0.4) is 0 Å². The van der Waals surface area contributed by atoms with Gasteiger partial charge in [0.1, 0.15) is 5.82 Å². The van der Waals surface area contributed by atoms with Crippen molar-refractivity contribution >= 4 is 33.2 Å². The van der Waals surface area contributed by atoms with Crippen LogP contribution in [-0.4, -0.2) is 19.6 Å². The Hall–Kier alpha value is -1.40. The molecular formula is C15H17BrFN3S. The van der Waals surface area contributed by atoms with E-state index in [4.69, 9.17) is 0 Å². The van der Waals surface area contributed by atoms with Crippen molar-refractivity contribution in [3.63, 3.8) is 0 Å².